The summed E-state index contributed by atoms with van der Waals surface area (Å²) >= 11 is 5.88. The molecule has 6 heteroatoms. The topological polar surface area (TPSA) is 55.4 Å². The van der Waals surface area contributed by atoms with Crippen molar-refractivity contribution in [1.82, 2.24) is 0 Å². The molecule has 2 rings (SSSR count). The molecule has 0 unspecified atom stereocenters. The molecular weight excluding hydrogens is 321 g/mol. The molecule has 1 N–H and O–H groups in total. The Kier molecular flexibility index (Phi) is 5.34. The zero-order chi connectivity index (χ0) is 17.0. The van der Waals surface area contributed by atoms with Gasteiger partial charge in [0, 0.05) is 11.1 Å². The van der Waals surface area contributed by atoms with E-state index < -0.39 is 5.82 Å². The SMILES string of the molecule is COc1ccc(C(C)=O)cc1CC(=O)Nc1ccc(F)cc1Cl. The van der Waals surface area contributed by atoms with Gasteiger partial charge in [0.25, 0.3) is 0 Å². The third-order valence-electron chi connectivity index (χ3n) is 3.24. The average Bonchev–Trinajstić information content (AvgIpc) is 2.50. The number of hydrogen-bond donors (Lipinski definition) is 1. The Balaban J connectivity index is 2.19. The van der Waals surface area contributed by atoms with Crippen LogP contribution in [0, 0.1) is 5.82 Å². The van der Waals surface area contributed by atoms with Gasteiger partial charge in [-0.25, -0.2) is 4.39 Å². The van der Waals surface area contributed by atoms with Crippen LogP contribution in [0.2, 0.25) is 5.02 Å². The fraction of sp³-hybridized carbons (Fsp3) is 0.176. The Morgan fingerprint density at radius 2 is 1.96 bits per heavy atom. The third-order valence-corrected chi connectivity index (χ3v) is 3.56. The second kappa shape index (κ2) is 7.24. The van der Waals surface area contributed by atoms with Gasteiger partial charge in [0.1, 0.15) is 11.6 Å². The number of ketones is 1. The number of ether oxygens (including phenoxy) is 1. The Morgan fingerprint density at radius 1 is 1.22 bits per heavy atom. The van der Waals surface area contributed by atoms with Crippen molar-refractivity contribution in [3.8, 4) is 5.75 Å². The number of anilines is 1. The first-order chi connectivity index (χ1) is 10.9. The van der Waals surface area contributed by atoms with Crippen LogP contribution in [0.25, 0.3) is 0 Å². The molecule has 1 amide bonds. The molecule has 0 aliphatic rings. The number of Topliss-reactive ketones (excluding diaryl/α,β-unsaturated/α-hetero) is 1. The molecule has 0 saturated carbocycles. The summed E-state index contributed by atoms with van der Waals surface area (Å²) in [5.41, 5.74) is 1.39. The van der Waals surface area contributed by atoms with Crippen LogP contribution >= 0.6 is 11.6 Å². The van der Waals surface area contributed by atoms with Crippen molar-refractivity contribution in [2.75, 3.05) is 12.4 Å². The van der Waals surface area contributed by atoms with Gasteiger partial charge in [-0.05, 0) is 43.3 Å². The van der Waals surface area contributed by atoms with Crippen molar-refractivity contribution in [2.45, 2.75) is 13.3 Å². The predicted octanol–water partition coefficient (Wildman–Crippen LogP) is 3.87. The van der Waals surface area contributed by atoms with Gasteiger partial charge in [-0.2, -0.15) is 0 Å². The number of carbonyl (C=O) groups excluding carboxylic acids is 2. The molecule has 0 aliphatic carbocycles. The molecule has 0 atom stereocenters. The van der Waals surface area contributed by atoms with Crippen LogP contribution in [-0.4, -0.2) is 18.8 Å². The highest BCUT2D eigenvalue weighted by Crippen LogP contribution is 2.24. The Bertz CT molecular complexity index is 761. The van der Waals surface area contributed by atoms with E-state index >= 15 is 0 Å². The normalized spacial score (nSPS) is 10.3. The van der Waals surface area contributed by atoms with Crippen LogP contribution in [0.3, 0.4) is 0 Å². The molecular formula is C17H15ClFNO3. The van der Waals surface area contributed by atoms with Gasteiger partial charge in [0.05, 0.1) is 24.2 Å². The number of benzene rings is 2. The van der Waals surface area contributed by atoms with Gasteiger partial charge in [-0.3, -0.25) is 9.59 Å². The molecule has 2 aromatic carbocycles. The molecule has 0 heterocycles. The van der Waals surface area contributed by atoms with E-state index in [0.717, 1.165) is 6.07 Å². The summed E-state index contributed by atoms with van der Waals surface area (Å²) < 4.78 is 18.2. The summed E-state index contributed by atoms with van der Waals surface area (Å²) in [5, 5.41) is 2.72. The molecule has 2 aromatic rings. The number of nitrogens with one attached hydrogen (secondary N) is 1. The standard InChI is InChI=1S/C17H15ClFNO3/c1-10(21)11-3-6-16(23-2)12(7-11)8-17(22)20-15-5-4-13(19)9-14(15)18/h3-7,9H,8H2,1-2H3,(H,20,22). The Morgan fingerprint density at radius 3 is 2.57 bits per heavy atom. The number of carbonyl (C=O) groups is 2. The molecule has 4 nitrogen and oxygen atoms in total. The van der Waals surface area contributed by atoms with E-state index in [1.165, 1.54) is 26.2 Å². The molecule has 120 valence electrons. The maximum Gasteiger partial charge on any atom is 0.228 e. The lowest BCUT2D eigenvalue weighted by atomic mass is 10.0. The van der Waals surface area contributed by atoms with E-state index in [9.17, 15) is 14.0 Å². The monoisotopic (exact) mass is 335 g/mol. The smallest absolute Gasteiger partial charge is 0.228 e. The summed E-state index contributed by atoms with van der Waals surface area (Å²) in [7, 11) is 1.49. The van der Waals surface area contributed by atoms with E-state index in [-0.39, 0.29) is 23.1 Å². The van der Waals surface area contributed by atoms with E-state index in [2.05, 4.69) is 5.32 Å². The lowest BCUT2D eigenvalue weighted by molar-refractivity contribution is -0.115. The molecule has 0 fully saturated rings. The zero-order valence-corrected chi connectivity index (χ0v) is 13.4. The summed E-state index contributed by atoms with van der Waals surface area (Å²) in [5.74, 6) is -0.424. The lowest BCUT2D eigenvalue weighted by Gasteiger charge is -2.11. The van der Waals surface area contributed by atoms with E-state index in [0.29, 0.717) is 22.6 Å². The minimum absolute atomic E-state index is 0.00199. The van der Waals surface area contributed by atoms with Gasteiger partial charge in [-0.1, -0.05) is 11.6 Å². The number of amides is 1. The van der Waals surface area contributed by atoms with E-state index in [1.807, 2.05) is 0 Å². The van der Waals surface area contributed by atoms with Crippen LogP contribution in [0.15, 0.2) is 36.4 Å². The van der Waals surface area contributed by atoms with Crippen LogP contribution in [0.4, 0.5) is 10.1 Å². The second-order valence-corrected chi connectivity index (χ2v) is 5.34. The van der Waals surface area contributed by atoms with Crippen molar-refractivity contribution in [3.05, 3.63) is 58.4 Å². The highest BCUT2D eigenvalue weighted by molar-refractivity contribution is 6.33. The van der Waals surface area contributed by atoms with Crippen LogP contribution < -0.4 is 10.1 Å². The highest BCUT2D eigenvalue weighted by atomic mass is 35.5. The first-order valence-corrected chi connectivity index (χ1v) is 7.21. The lowest BCUT2D eigenvalue weighted by Crippen LogP contribution is -2.15. The summed E-state index contributed by atoms with van der Waals surface area (Å²) in [6, 6.07) is 8.61. The van der Waals surface area contributed by atoms with Gasteiger partial charge in [-0.15, -0.1) is 0 Å². The largest absolute Gasteiger partial charge is 0.496 e. The first-order valence-electron chi connectivity index (χ1n) is 6.83. The second-order valence-electron chi connectivity index (χ2n) is 4.93. The fourth-order valence-corrected chi connectivity index (χ4v) is 2.31. The quantitative estimate of drug-likeness (QED) is 0.844. The van der Waals surface area contributed by atoms with Gasteiger partial charge in [0.15, 0.2) is 5.78 Å². The zero-order valence-electron chi connectivity index (χ0n) is 12.7. The highest BCUT2D eigenvalue weighted by Gasteiger charge is 2.13. The molecule has 0 spiro atoms. The van der Waals surface area contributed by atoms with Crippen molar-refractivity contribution < 1.29 is 18.7 Å². The van der Waals surface area contributed by atoms with Crippen molar-refractivity contribution in [1.29, 1.82) is 0 Å². The molecule has 0 aliphatic heterocycles. The third kappa shape index (κ3) is 4.29. The molecule has 0 bridgehead atoms. The van der Waals surface area contributed by atoms with Crippen LogP contribution in [0.1, 0.15) is 22.8 Å². The average molecular weight is 336 g/mol. The van der Waals surface area contributed by atoms with Crippen molar-refractivity contribution in [3.63, 3.8) is 0 Å². The first kappa shape index (κ1) is 17.0. The van der Waals surface area contributed by atoms with Gasteiger partial charge < -0.3 is 10.1 Å². The minimum Gasteiger partial charge on any atom is -0.496 e. The molecule has 23 heavy (non-hydrogen) atoms. The van der Waals surface area contributed by atoms with Gasteiger partial charge >= 0.3 is 0 Å². The summed E-state index contributed by atoms with van der Waals surface area (Å²) in [4.78, 5) is 23.6. The van der Waals surface area contributed by atoms with Crippen molar-refractivity contribution in [2.24, 2.45) is 0 Å². The molecule has 0 saturated heterocycles. The van der Waals surface area contributed by atoms with Gasteiger partial charge in [0.2, 0.25) is 5.91 Å². The maximum atomic E-state index is 13.0. The minimum atomic E-state index is -0.483. The number of hydrogen-bond acceptors (Lipinski definition) is 3. The van der Waals surface area contributed by atoms with E-state index in [4.69, 9.17) is 16.3 Å². The summed E-state index contributed by atoms with van der Waals surface area (Å²) in [6.07, 6.45) is -0.00199. The number of rotatable bonds is 5. The molecule has 0 aromatic heterocycles. The Labute approximate surface area is 138 Å². The number of methoxy groups -OCH3 is 1. The fourth-order valence-electron chi connectivity index (χ4n) is 2.09. The molecule has 0 radical (unpaired) electrons. The van der Waals surface area contributed by atoms with Crippen molar-refractivity contribution >= 4 is 29.0 Å². The maximum absolute atomic E-state index is 13.0. The van der Waals surface area contributed by atoms with Crippen LogP contribution in [0.5, 0.6) is 5.75 Å². The van der Waals surface area contributed by atoms with E-state index in [1.54, 1.807) is 18.2 Å². The predicted molar refractivity (Wildman–Crippen MR) is 86.7 cm³/mol. The van der Waals surface area contributed by atoms with Crippen LogP contribution in [-0.2, 0) is 11.2 Å². The number of halogens is 2. The summed E-state index contributed by atoms with van der Waals surface area (Å²) in [6.45, 7) is 1.45. The Hall–Kier alpha value is -2.40.